The van der Waals surface area contributed by atoms with E-state index in [4.69, 9.17) is 5.73 Å². The van der Waals surface area contributed by atoms with Gasteiger partial charge < -0.3 is 16.0 Å². The van der Waals surface area contributed by atoms with Gasteiger partial charge in [0, 0.05) is 13.1 Å². The van der Waals surface area contributed by atoms with E-state index in [1.165, 1.54) is 45.3 Å². The van der Waals surface area contributed by atoms with Crippen LogP contribution < -0.4 is 11.1 Å². The molecule has 0 bridgehead atoms. The summed E-state index contributed by atoms with van der Waals surface area (Å²) >= 11 is 0. The van der Waals surface area contributed by atoms with Crippen molar-refractivity contribution in [2.75, 3.05) is 32.7 Å². The van der Waals surface area contributed by atoms with Crippen LogP contribution in [0, 0.1) is 11.8 Å². The van der Waals surface area contributed by atoms with Gasteiger partial charge in [-0.15, -0.1) is 0 Å². The lowest BCUT2D eigenvalue weighted by Gasteiger charge is -2.30. The van der Waals surface area contributed by atoms with Crippen molar-refractivity contribution in [2.24, 2.45) is 22.6 Å². The van der Waals surface area contributed by atoms with Crippen molar-refractivity contribution in [1.82, 2.24) is 10.2 Å². The number of guanidine groups is 1. The summed E-state index contributed by atoms with van der Waals surface area (Å²) < 4.78 is 0. The monoisotopic (exact) mass is 268 g/mol. The van der Waals surface area contributed by atoms with Crippen LogP contribution in [-0.2, 0) is 0 Å². The van der Waals surface area contributed by atoms with E-state index < -0.39 is 0 Å². The van der Waals surface area contributed by atoms with Crippen LogP contribution in [0.2, 0.25) is 0 Å². The minimum Gasteiger partial charge on any atom is -0.370 e. The average Bonchev–Trinajstić information content (AvgIpc) is 2.38. The van der Waals surface area contributed by atoms with Crippen LogP contribution in [0.3, 0.4) is 0 Å². The van der Waals surface area contributed by atoms with Crippen molar-refractivity contribution in [3.8, 4) is 0 Å². The molecular formula is C15H32N4. The van der Waals surface area contributed by atoms with Crippen LogP contribution >= 0.6 is 0 Å². The molecule has 0 spiro atoms. The predicted octanol–water partition coefficient (Wildman–Crippen LogP) is 2.06. The maximum absolute atomic E-state index is 5.79. The zero-order valence-electron chi connectivity index (χ0n) is 13.0. The van der Waals surface area contributed by atoms with E-state index in [2.05, 4.69) is 36.0 Å². The molecule has 0 atom stereocenters. The molecule has 1 aliphatic heterocycles. The summed E-state index contributed by atoms with van der Waals surface area (Å²) in [7, 11) is 0. The average molecular weight is 268 g/mol. The molecule has 0 aliphatic carbocycles. The van der Waals surface area contributed by atoms with Crippen LogP contribution in [0.5, 0.6) is 0 Å². The van der Waals surface area contributed by atoms with Crippen LogP contribution in [0.4, 0.5) is 0 Å². The molecule has 3 N–H and O–H groups in total. The summed E-state index contributed by atoms with van der Waals surface area (Å²) in [6.45, 7) is 12.2. The lowest BCUT2D eigenvalue weighted by atomic mass is 9.99. The smallest absolute Gasteiger partial charge is 0.188 e. The van der Waals surface area contributed by atoms with Gasteiger partial charge >= 0.3 is 0 Å². The molecule has 0 saturated carbocycles. The number of aliphatic imine (C=N–C) groups is 1. The fraction of sp³-hybridized carbons (Fsp3) is 0.933. The van der Waals surface area contributed by atoms with Gasteiger partial charge in [0.1, 0.15) is 0 Å². The molecule has 0 aromatic carbocycles. The van der Waals surface area contributed by atoms with Gasteiger partial charge in [-0.1, -0.05) is 20.8 Å². The van der Waals surface area contributed by atoms with Gasteiger partial charge in [0.25, 0.3) is 0 Å². The van der Waals surface area contributed by atoms with Gasteiger partial charge in [0.05, 0.1) is 0 Å². The minimum absolute atomic E-state index is 0.571. The molecule has 1 rings (SSSR count). The third-order valence-corrected chi connectivity index (χ3v) is 3.71. The third kappa shape index (κ3) is 8.09. The van der Waals surface area contributed by atoms with Crippen molar-refractivity contribution in [1.29, 1.82) is 0 Å². The Hall–Kier alpha value is -0.770. The first-order valence-corrected chi connectivity index (χ1v) is 7.84. The van der Waals surface area contributed by atoms with Gasteiger partial charge in [-0.2, -0.15) is 0 Å². The fourth-order valence-electron chi connectivity index (χ4n) is 2.30. The molecule has 0 radical (unpaired) electrons. The Kier molecular flexibility index (Phi) is 7.87. The molecule has 112 valence electrons. The first-order valence-electron chi connectivity index (χ1n) is 7.84. The molecule has 1 aliphatic rings. The number of rotatable bonds is 7. The molecule has 4 heteroatoms. The van der Waals surface area contributed by atoms with E-state index in [-0.39, 0.29) is 0 Å². The lowest BCUT2D eigenvalue weighted by Crippen LogP contribution is -2.35. The van der Waals surface area contributed by atoms with Crippen molar-refractivity contribution in [2.45, 2.75) is 46.5 Å². The molecule has 0 amide bonds. The molecular weight excluding hydrogens is 236 g/mol. The van der Waals surface area contributed by atoms with Gasteiger partial charge in [0.2, 0.25) is 0 Å². The zero-order chi connectivity index (χ0) is 14.1. The zero-order valence-corrected chi connectivity index (χ0v) is 13.0. The summed E-state index contributed by atoms with van der Waals surface area (Å²) in [5.74, 6) is 2.09. The Labute approximate surface area is 118 Å². The molecule has 0 aromatic heterocycles. The van der Waals surface area contributed by atoms with Crippen molar-refractivity contribution in [3.05, 3.63) is 0 Å². The fourth-order valence-corrected chi connectivity index (χ4v) is 2.30. The lowest BCUT2D eigenvalue weighted by molar-refractivity contribution is 0.189. The van der Waals surface area contributed by atoms with E-state index in [1.807, 2.05) is 0 Å². The number of hydrogen-bond acceptors (Lipinski definition) is 2. The van der Waals surface area contributed by atoms with Crippen molar-refractivity contribution < 1.29 is 0 Å². The molecule has 1 saturated heterocycles. The van der Waals surface area contributed by atoms with E-state index in [9.17, 15) is 0 Å². The second kappa shape index (κ2) is 9.18. The van der Waals surface area contributed by atoms with Gasteiger partial charge in [-0.05, 0) is 57.2 Å². The number of piperidine rings is 1. The maximum atomic E-state index is 5.79. The van der Waals surface area contributed by atoms with Crippen LogP contribution in [0.1, 0.15) is 46.5 Å². The van der Waals surface area contributed by atoms with E-state index >= 15 is 0 Å². The number of nitrogens with one attached hydrogen (secondary N) is 1. The van der Waals surface area contributed by atoms with Crippen LogP contribution in [0.15, 0.2) is 4.99 Å². The quantitative estimate of drug-likeness (QED) is 0.422. The number of nitrogens with zero attached hydrogens (tertiary/aromatic N) is 2. The largest absolute Gasteiger partial charge is 0.370 e. The molecule has 4 nitrogen and oxygen atoms in total. The number of unbranched alkanes of at least 4 members (excludes halogenated alkanes) is 1. The van der Waals surface area contributed by atoms with E-state index in [0.29, 0.717) is 11.9 Å². The van der Waals surface area contributed by atoms with E-state index in [0.717, 1.165) is 19.0 Å². The van der Waals surface area contributed by atoms with Gasteiger partial charge in [-0.25, -0.2) is 0 Å². The number of likely N-dealkylation sites (tertiary alicyclic amines) is 1. The number of hydrogen-bond donors (Lipinski definition) is 2. The normalized spacial score (nSPS) is 19.1. The van der Waals surface area contributed by atoms with Crippen molar-refractivity contribution >= 4 is 5.96 Å². The summed E-state index contributed by atoms with van der Waals surface area (Å²) in [6.07, 6.45) is 5.16. The topological polar surface area (TPSA) is 53.6 Å². The SMILES string of the molecule is CC(C)CN=C(N)NCCCCN1CCC(C)CC1. The molecule has 1 fully saturated rings. The second-order valence-corrected chi connectivity index (χ2v) is 6.28. The summed E-state index contributed by atoms with van der Waals surface area (Å²) in [6, 6.07) is 0. The van der Waals surface area contributed by atoms with Crippen LogP contribution in [-0.4, -0.2) is 43.6 Å². The second-order valence-electron chi connectivity index (χ2n) is 6.28. The highest BCUT2D eigenvalue weighted by molar-refractivity contribution is 5.77. The highest BCUT2D eigenvalue weighted by Gasteiger charge is 2.14. The predicted molar refractivity (Wildman–Crippen MR) is 83.4 cm³/mol. The van der Waals surface area contributed by atoms with Crippen molar-refractivity contribution in [3.63, 3.8) is 0 Å². The standard InChI is InChI=1S/C15H32N4/c1-13(2)12-18-15(16)17-8-4-5-9-19-10-6-14(3)7-11-19/h13-14H,4-12H2,1-3H3,(H3,16,17,18). The van der Waals surface area contributed by atoms with Gasteiger partial charge in [-0.3, -0.25) is 4.99 Å². The summed E-state index contributed by atoms with van der Waals surface area (Å²) in [5, 5.41) is 3.19. The Morgan fingerprint density at radius 2 is 2.00 bits per heavy atom. The summed E-state index contributed by atoms with van der Waals surface area (Å²) in [5.41, 5.74) is 5.79. The Balaban J connectivity index is 1.97. The Morgan fingerprint density at radius 1 is 1.32 bits per heavy atom. The highest BCUT2D eigenvalue weighted by atomic mass is 15.1. The van der Waals surface area contributed by atoms with Crippen LogP contribution in [0.25, 0.3) is 0 Å². The van der Waals surface area contributed by atoms with E-state index in [1.54, 1.807) is 0 Å². The Bertz CT molecular complexity index is 255. The number of nitrogens with two attached hydrogens (primary N) is 1. The maximum Gasteiger partial charge on any atom is 0.188 e. The third-order valence-electron chi connectivity index (χ3n) is 3.71. The first kappa shape index (κ1) is 16.3. The highest BCUT2D eigenvalue weighted by Crippen LogP contribution is 2.15. The molecule has 0 aromatic rings. The first-order chi connectivity index (χ1) is 9.08. The molecule has 19 heavy (non-hydrogen) atoms. The molecule has 1 heterocycles. The summed E-state index contributed by atoms with van der Waals surface area (Å²) in [4.78, 5) is 6.89. The molecule has 0 unspecified atom stereocenters. The minimum atomic E-state index is 0.571. The Morgan fingerprint density at radius 3 is 2.63 bits per heavy atom. The van der Waals surface area contributed by atoms with Gasteiger partial charge in [0.15, 0.2) is 5.96 Å².